The minimum atomic E-state index is -1.47. The van der Waals surface area contributed by atoms with Gasteiger partial charge < -0.3 is 9.64 Å². The molecule has 8 amide bonds. The van der Waals surface area contributed by atoms with Crippen LogP contribution in [0.3, 0.4) is 0 Å². The van der Waals surface area contributed by atoms with E-state index in [1.165, 1.54) is 39.4 Å². The summed E-state index contributed by atoms with van der Waals surface area (Å²) in [7, 11) is 4.26. The number of hydrogen-bond donors (Lipinski definition) is 1. The van der Waals surface area contributed by atoms with Crippen molar-refractivity contribution in [1.29, 1.82) is 0 Å². The van der Waals surface area contributed by atoms with Gasteiger partial charge in [-0.15, -0.1) is 0 Å². The minimum absolute atomic E-state index is 0.0662. The molecule has 41 heavy (non-hydrogen) atoms. The van der Waals surface area contributed by atoms with E-state index in [9.17, 15) is 28.8 Å². The molecule has 3 fully saturated rings. The van der Waals surface area contributed by atoms with E-state index < -0.39 is 47.1 Å². The summed E-state index contributed by atoms with van der Waals surface area (Å²) in [5.41, 5.74) is 0.561. The molecule has 12 nitrogen and oxygen atoms in total. The van der Waals surface area contributed by atoms with Crippen molar-refractivity contribution in [3.05, 3.63) is 59.2 Å². The fourth-order valence-electron chi connectivity index (χ4n) is 6.42. The van der Waals surface area contributed by atoms with Crippen molar-refractivity contribution in [3.63, 3.8) is 0 Å². The van der Waals surface area contributed by atoms with Gasteiger partial charge in [-0.1, -0.05) is 6.07 Å². The fourth-order valence-corrected chi connectivity index (χ4v) is 6.42. The summed E-state index contributed by atoms with van der Waals surface area (Å²) < 4.78 is 5.13. The summed E-state index contributed by atoms with van der Waals surface area (Å²) in [5.74, 6) is -2.16. The minimum Gasteiger partial charge on any atom is -0.497 e. The Bertz CT molecular complexity index is 1560. The molecule has 210 valence electrons. The molecular formula is C29H27N5O7. The maximum absolute atomic E-state index is 13.6. The Labute approximate surface area is 235 Å². The number of urea groups is 2. The number of rotatable bonds is 3. The first-order chi connectivity index (χ1) is 19.6. The van der Waals surface area contributed by atoms with Gasteiger partial charge in [0.05, 0.1) is 18.8 Å². The molecule has 1 spiro atoms. The number of barbiturate groups is 2. The van der Waals surface area contributed by atoms with Gasteiger partial charge in [0.25, 0.3) is 11.8 Å². The van der Waals surface area contributed by atoms with Gasteiger partial charge in [-0.05, 0) is 72.9 Å². The van der Waals surface area contributed by atoms with Crippen molar-refractivity contribution in [2.75, 3.05) is 37.5 Å². The van der Waals surface area contributed by atoms with E-state index in [1.54, 1.807) is 24.3 Å². The lowest BCUT2D eigenvalue weighted by Crippen LogP contribution is -2.70. The van der Waals surface area contributed by atoms with E-state index in [0.29, 0.717) is 29.8 Å². The highest BCUT2D eigenvalue weighted by Crippen LogP contribution is 2.49. The van der Waals surface area contributed by atoms with Gasteiger partial charge in [-0.2, -0.15) is 0 Å². The zero-order valence-electron chi connectivity index (χ0n) is 22.7. The molecule has 1 unspecified atom stereocenters. The smallest absolute Gasteiger partial charge is 0.335 e. The normalized spacial score (nSPS) is 22.9. The molecule has 2 aromatic rings. The number of ether oxygens (including phenoxy) is 1. The maximum Gasteiger partial charge on any atom is 0.335 e. The third kappa shape index (κ3) is 3.74. The first kappa shape index (κ1) is 26.2. The lowest BCUT2D eigenvalue weighted by molar-refractivity contribution is -0.159. The van der Waals surface area contributed by atoms with Crippen molar-refractivity contribution < 1.29 is 33.5 Å². The Morgan fingerprint density at radius 1 is 0.951 bits per heavy atom. The molecule has 12 heteroatoms. The van der Waals surface area contributed by atoms with Gasteiger partial charge >= 0.3 is 12.1 Å². The van der Waals surface area contributed by atoms with Crippen molar-refractivity contribution in [2.45, 2.75) is 25.3 Å². The number of carbonyl (C=O) groups excluding carboxylic acids is 6. The second-order valence-corrected chi connectivity index (χ2v) is 10.6. The Morgan fingerprint density at radius 2 is 1.63 bits per heavy atom. The average Bonchev–Trinajstić information content (AvgIpc) is 3.47. The summed E-state index contributed by atoms with van der Waals surface area (Å²) >= 11 is 0. The predicted octanol–water partition coefficient (Wildman–Crippen LogP) is 1.92. The van der Waals surface area contributed by atoms with Crippen molar-refractivity contribution in [3.8, 4) is 5.75 Å². The number of carbonyl (C=O) groups is 6. The topological polar surface area (TPSA) is 137 Å². The highest BCUT2D eigenvalue weighted by atomic mass is 16.5. The Morgan fingerprint density at radius 3 is 2.29 bits per heavy atom. The van der Waals surface area contributed by atoms with Crippen LogP contribution in [-0.4, -0.2) is 79.3 Å². The quantitative estimate of drug-likeness (QED) is 0.344. The second kappa shape index (κ2) is 9.29. The summed E-state index contributed by atoms with van der Waals surface area (Å²) in [6.07, 6.45) is 2.86. The molecule has 0 bridgehead atoms. The molecule has 6 rings (SSSR count). The lowest BCUT2D eigenvalue weighted by atomic mass is 9.68. The molecule has 2 aromatic carbocycles. The third-order valence-electron chi connectivity index (χ3n) is 8.39. The van der Waals surface area contributed by atoms with Gasteiger partial charge in [0, 0.05) is 26.3 Å². The summed E-state index contributed by atoms with van der Waals surface area (Å²) in [5, 5.41) is 2.21. The highest BCUT2D eigenvalue weighted by Gasteiger charge is 2.63. The first-order valence-corrected chi connectivity index (χ1v) is 13.1. The van der Waals surface area contributed by atoms with Crippen LogP contribution in [0.25, 0.3) is 6.08 Å². The van der Waals surface area contributed by atoms with Crippen LogP contribution in [0.15, 0.2) is 48.0 Å². The van der Waals surface area contributed by atoms with Gasteiger partial charge in [0.1, 0.15) is 11.3 Å². The molecule has 0 saturated carbocycles. The van der Waals surface area contributed by atoms with Gasteiger partial charge in [0.15, 0.2) is 5.41 Å². The second-order valence-electron chi connectivity index (χ2n) is 10.6. The van der Waals surface area contributed by atoms with Crippen LogP contribution in [0, 0.1) is 5.41 Å². The van der Waals surface area contributed by atoms with E-state index in [2.05, 4.69) is 5.32 Å². The molecule has 1 atom stereocenters. The number of amides is 8. The molecule has 4 aliphatic heterocycles. The predicted molar refractivity (Wildman–Crippen MR) is 146 cm³/mol. The molecule has 1 N–H and O–H groups in total. The maximum atomic E-state index is 13.6. The summed E-state index contributed by atoms with van der Waals surface area (Å²) in [4.78, 5) is 83.4. The fraction of sp³-hybridized carbons (Fsp3) is 0.310. The number of methoxy groups -OCH3 is 1. The van der Waals surface area contributed by atoms with Gasteiger partial charge in [-0.3, -0.25) is 34.3 Å². The number of fused-ring (bicyclic) bond motifs is 4. The molecule has 4 heterocycles. The summed E-state index contributed by atoms with van der Waals surface area (Å²) in [6.45, 7) is 0.640. The third-order valence-corrected chi connectivity index (χ3v) is 8.39. The van der Waals surface area contributed by atoms with Gasteiger partial charge in [-0.25, -0.2) is 14.5 Å². The van der Waals surface area contributed by atoms with Crippen LogP contribution >= 0.6 is 0 Å². The Balaban J connectivity index is 1.39. The first-order valence-electron chi connectivity index (χ1n) is 13.1. The van der Waals surface area contributed by atoms with Crippen LogP contribution in [0.1, 0.15) is 24.0 Å². The van der Waals surface area contributed by atoms with E-state index in [-0.39, 0.29) is 17.7 Å². The largest absolute Gasteiger partial charge is 0.497 e. The number of nitrogens with one attached hydrogen (secondary N) is 1. The zero-order chi connectivity index (χ0) is 29.2. The van der Waals surface area contributed by atoms with Gasteiger partial charge in [0.2, 0.25) is 11.8 Å². The lowest BCUT2D eigenvalue weighted by Gasteiger charge is -2.50. The van der Waals surface area contributed by atoms with E-state index in [4.69, 9.17) is 4.74 Å². The average molecular weight is 558 g/mol. The van der Waals surface area contributed by atoms with E-state index in [0.717, 1.165) is 26.8 Å². The molecular weight excluding hydrogens is 530 g/mol. The number of nitrogens with zero attached hydrogens (tertiary/aromatic N) is 4. The molecule has 0 aliphatic carbocycles. The van der Waals surface area contributed by atoms with Crippen LogP contribution < -0.4 is 19.9 Å². The molecule has 3 saturated heterocycles. The summed E-state index contributed by atoms with van der Waals surface area (Å²) in [6, 6.07) is 9.66. The SMILES string of the molecule is COc1ccc(N2C(=O)NC(=O)C(=Cc3ccc4c(c3)CC3(C(=O)N(C)C(=O)N(C)C3=O)C3CCCN43)C2=O)cc1. The van der Waals surface area contributed by atoms with Crippen LogP contribution in [0.5, 0.6) is 5.75 Å². The van der Waals surface area contributed by atoms with Crippen molar-refractivity contribution in [2.24, 2.45) is 5.41 Å². The number of imide groups is 4. The zero-order valence-corrected chi connectivity index (χ0v) is 22.7. The molecule has 4 aliphatic rings. The monoisotopic (exact) mass is 557 g/mol. The number of benzene rings is 2. The highest BCUT2D eigenvalue weighted by molar-refractivity contribution is 6.39. The number of hydrogen-bond acceptors (Lipinski definition) is 8. The molecule has 0 radical (unpaired) electrons. The Kier molecular flexibility index (Phi) is 5.94. The van der Waals surface area contributed by atoms with Crippen LogP contribution in [0.4, 0.5) is 21.0 Å². The van der Waals surface area contributed by atoms with Crippen molar-refractivity contribution >= 4 is 53.1 Å². The van der Waals surface area contributed by atoms with Crippen molar-refractivity contribution in [1.82, 2.24) is 15.1 Å². The molecule has 0 aromatic heterocycles. The standard InChI is InChI=1S/C29H27N5O7/c1-31-25(37)29(26(38)32(2)28(31)40)15-17-13-16(6-11-21(17)33-12-4-5-22(29)33)14-20-23(35)30-27(39)34(24(20)36)18-7-9-19(41-3)10-8-18/h6-11,13-14,22H,4-5,12,15H2,1-3H3,(H,30,35,39). The Hall–Kier alpha value is -5.00. The van der Waals surface area contributed by atoms with E-state index in [1.807, 2.05) is 11.0 Å². The van der Waals surface area contributed by atoms with Crippen LogP contribution in [-0.2, 0) is 25.6 Å². The van der Waals surface area contributed by atoms with E-state index >= 15 is 0 Å². The number of anilines is 2. The van der Waals surface area contributed by atoms with Crippen LogP contribution in [0.2, 0.25) is 0 Å².